The van der Waals surface area contributed by atoms with Gasteiger partial charge in [-0.25, -0.2) is 9.18 Å². The van der Waals surface area contributed by atoms with Crippen LogP contribution in [0.1, 0.15) is 34.3 Å². The second kappa shape index (κ2) is 12.8. The van der Waals surface area contributed by atoms with E-state index in [1.54, 1.807) is 25.3 Å². The van der Waals surface area contributed by atoms with Crippen molar-refractivity contribution in [2.45, 2.75) is 37.6 Å². The van der Waals surface area contributed by atoms with E-state index in [1.807, 2.05) is 24.3 Å². The van der Waals surface area contributed by atoms with Crippen LogP contribution in [-0.2, 0) is 13.0 Å². The quantitative estimate of drug-likeness (QED) is 0.359. The lowest BCUT2D eigenvalue weighted by Gasteiger charge is -2.39. The molecule has 8 nitrogen and oxygen atoms in total. The maximum atomic E-state index is 13.6. The van der Waals surface area contributed by atoms with E-state index in [0.29, 0.717) is 25.3 Å². The fourth-order valence-corrected chi connectivity index (χ4v) is 5.14. The Balaban J connectivity index is 0.00000370. The van der Waals surface area contributed by atoms with Gasteiger partial charge >= 0.3 is 5.97 Å². The minimum absolute atomic E-state index is 0. The Morgan fingerprint density at radius 2 is 1.77 bits per heavy atom. The van der Waals surface area contributed by atoms with E-state index in [-0.39, 0.29) is 41.7 Å². The smallest absolute Gasteiger partial charge is 0.339 e. The standard InChI is InChI=1S/C30H32FNO7.ClH/c1-36-24-5-2-20(3-6-24)18-37-25-7-8-26(29(34)35)28(15-25)38-19-23(33)17-32-12-10-30(11-13-32)16-21-14-22(31)4-9-27(21)39-30;/h2-9,14-15,23,33H,10-13,16-19H2,1H3,(H,34,35);1H/t23-;/m0./s1. The summed E-state index contributed by atoms with van der Waals surface area (Å²) in [5.41, 5.74) is 1.50. The van der Waals surface area contributed by atoms with Crippen LogP contribution in [0, 0.1) is 5.82 Å². The number of ether oxygens (including phenoxy) is 4. The van der Waals surface area contributed by atoms with Gasteiger partial charge in [-0.2, -0.15) is 0 Å². The molecule has 1 fully saturated rings. The van der Waals surface area contributed by atoms with Crippen molar-refractivity contribution in [3.05, 3.63) is 83.2 Å². The van der Waals surface area contributed by atoms with Gasteiger partial charge < -0.3 is 34.1 Å². The third-order valence-corrected chi connectivity index (χ3v) is 7.28. The second-order valence-corrected chi connectivity index (χ2v) is 10.1. The minimum atomic E-state index is -1.13. The second-order valence-electron chi connectivity index (χ2n) is 10.1. The van der Waals surface area contributed by atoms with Gasteiger partial charge in [-0.15, -0.1) is 12.4 Å². The van der Waals surface area contributed by atoms with Gasteiger partial charge in [0.25, 0.3) is 0 Å². The SMILES string of the molecule is COc1ccc(COc2ccc(C(=O)O)c(OC[C@@H](O)CN3CCC4(CC3)Cc3cc(F)ccc3O4)c2)cc1.Cl. The molecule has 3 aromatic carbocycles. The summed E-state index contributed by atoms with van der Waals surface area (Å²) in [5, 5.41) is 20.2. The number of benzene rings is 3. The van der Waals surface area contributed by atoms with Crippen LogP contribution in [0.4, 0.5) is 4.39 Å². The van der Waals surface area contributed by atoms with Crippen molar-refractivity contribution in [3.63, 3.8) is 0 Å². The number of carboxylic acids is 1. The number of likely N-dealkylation sites (tertiary alicyclic amines) is 1. The molecule has 2 heterocycles. The molecule has 0 unspecified atom stereocenters. The number of rotatable bonds is 10. The van der Waals surface area contributed by atoms with Crippen LogP contribution in [0.15, 0.2) is 60.7 Å². The Morgan fingerprint density at radius 1 is 1.05 bits per heavy atom. The fourth-order valence-electron chi connectivity index (χ4n) is 5.14. The number of hydrogen-bond donors (Lipinski definition) is 2. The number of fused-ring (bicyclic) bond motifs is 1. The van der Waals surface area contributed by atoms with Gasteiger partial charge in [-0.1, -0.05) is 12.1 Å². The number of carbonyl (C=O) groups is 1. The van der Waals surface area contributed by atoms with Crippen molar-refractivity contribution in [2.24, 2.45) is 0 Å². The van der Waals surface area contributed by atoms with Crippen molar-refractivity contribution >= 4 is 18.4 Å². The van der Waals surface area contributed by atoms with Crippen LogP contribution in [-0.4, -0.2) is 66.1 Å². The van der Waals surface area contributed by atoms with E-state index in [1.165, 1.54) is 18.2 Å². The summed E-state index contributed by atoms with van der Waals surface area (Å²) in [5.74, 6) is 0.713. The molecular formula is C30H33ClFNO7. The summed E-state index contributed by atoms with van der Waals surface area (Å²) in [6.07, 6.45) is 1.41. The molecule has 1 spiro atoms. The number of aromatic carboxylic acids is 1. The maximum Gasteiger partial charge on any atom is 0.339 e. The molecule has 214 valence electrons. The molecule has 1 atom stereocenters. The van der Waals surface area contributed by atoms with Crippen molar-refractivity contribution in [2.75, 3.05) is 33.4 Å². The highest BCUT2D eigenvalue weighted by atomic mass is 35.5. The average molecular weight is 574 g/mol. The van der Waals surface area contributed by atoms with Gasteiger partial charge in [0.05, 0.1) is 7.11 Å². The van der Waals surface area contributed by atoms with Crippen LogP contribution < -0.4 is 18.9 Å². The van der Waals surface area contributed by atoms with Crippen LogP contribution in [0.5, 0.6) is 23.0 Å². The van der Waals surface area contributed by atoms with E-state index in [9.17, 15) is 19.4 Å². The topological polar surface area (TPSA) is 97.7 Å². The Kier molecular flexibility index (Phi) is 9.40. The third kappa shape index (κ3) is 6.96. The molecule has 0 aromatic heterocycles. The first-order valence-corrected chi connectivity index (χ1v) is 13.0. The molecule has 10 heteroatoms. The lowest BCUT2D eigenvalue weighted by atomic mass is 9.87. The summed E-state index contributed by atoms with van der Waals surface area (Å²) in [4.78, 5) is 13.9. The van der Waals surface area contributed by atoms with Crippen molar-refractivity contribution in [1.82, 2.24) is 4.90 Å². The lowest BCUT2D eigenvalue weighted by molar-refractivity contribution is -0.00204. The number of hydrogen-bond acceptors (Lipinski definition) is 7. The van der Waals surface area contributed by atoms with Crippen LogP contribution in [0.2, 0.25) is 0 Å². The third-order valence-electron chi connectivity index (χ3n) is 7.28. The molecule has 2 aliphatic rings. The predicted octanol–water partition coefficient (Wildman–Crippen LogP) is 4.74. The number of aliphatic hydroxyl groups excluding tert-OH is 1. The van der Waals surface area contributed by atoms with E-state index in [2.05, 4.69) is 4.90 Å². The highest BCUT2D eigenvalue weighted by Crippen LogP contribution is 2.41. The highest BCUT2D eigenvalue weighted by molar-refractivity contribution is 5.91. The monoisotopic (exact) mass is 573 g/mol. The largest absolute Gasteiger partial charge is 0.497 e. The molecule has 40 heavy (non-hydrogen) atoms. The summed E-state index contributed by atoms with van der Waals surface area (Å²) in [6, 6.07) is 16.6. The van der Waals surface area contributed by atoms with Crippen LogP contribution in [0.25, 0.3) is 0 Å². The summed E-state index contributed by atoms with van der Waals surface area (Å²) in [6.45, 7) is 2.06. The first-order chi connectivity index (χ1) is 18.8. The van der Waals surface area contributed by atoms with Crippen LogP contribution in [0.3, 0.4) is 0 Å². The summed E-state index contributed by atoms with van der Waals surface area (Å²) in [7, 11) is 1.60. The molecule has 3 aromatic rings. The van der Waals surface area contributed by atoms with Gasteiger partial charge in [0.2, 0.25) is 0 Å². The number of nitrogens with zero attached hydrogens (tertiary/aromatic N) is 1. The van der Waals surface area contributed by atoms with E-state index in [4.69, 9.17) is 18.9 Å². The molecule has 2 N–H and O–H groups in total. The fraction of sp³-hybridized carbons (Fsp3) is 0.367. The number of methoxy groups -OCH3 is 1. The average Bonchev–Trinajstić information content (AvgIpc) is 3.29. The number of piperidine rings is 1. The highest BCUT2D eigenvalue weighted by Gasteiger charge is 2.42. The zero-order valence-corrected chi connectivity index (χ0v) is 23.0. The van der Waals surface area contributed by atoms with Crippen molar-refractivity contribution < 1.29 is 38.3 Å². The molecule has 0 bridgehead atoms. The molecule has 0 aliphatic carbocycles. The Bertz CT molecular complexity index is 1310. The maximum absolute atomic E-state index is 13.6. The number of aliphatic hydroxyl groups is 1. The lowest BCUT2D eigenvalue weighted by Crippen LogP contribution is -2.49. The summed E-state index contributed by atoms with van der Waals surface area (Å²) < 4.78 is 36.5. The number of carboxylic acid groups (broad SMARTS) is 1. The molecule has 5 rings (SSSR count). The minimum Gasteiger partial charge on any atom is -0.497 e. The number of halogens is 2. The predicted molar refractivity (Wildman–Crippen MR) is 149 cm³/mol. The van der Waals surface area contributed by atoms with Gasteiger partial charge in [-0.3, -0.25) is 0 Å². The molecule has 1 saturated heterocycles. The van der Waals surface area contributed by atoms with Gasteiger partial charge in [0.15, 0.2) is 0 Å². The van der Waals surface area contributed by atoms with E-state index in [0.717, 1.165) is 48.6 Å². The first-order valence-electron chi connectivity index (χ1n) is 13.0. The summed E-state index contributed by atoms with van der Waals surface area (Å²) >= 11 is 0. The molecular weight excluding hydrogens is 541 g/mol. The Hall–Kier alpha value is -3.53. The van der Waals surface area contributed by atoms with Crippen molar-refractivity contribution in [3.8, 4) is 23.0 Å². The van der Waals surface area contributed by atoms with Gasteiger partial charge in [-0.05, 0) is 48.0 Å². The van der Waals surface area contributed by atoms with Crippen molar-refractivity contribution in [1.29, 1.82) is 0 Å². The van der Waals surface area contributed by atoms with Gasteiger partial charge in [0.1, 0.15) is 59.3 Å². The van der Waals surface area contributed by atoms with Crippen LogP contribution >= 0.6 is 12.4 Å². The van der Waals surface area contributed by atoms with E-state index >= 15 is 0 Å². The Labute approximate surface area is 238 Å². The van der Waals surface area contributed by atoms with Gasteiger partial charge in [0, 0.05) is 50.5 Å². The molecule has 0 radical (unpaired) electrons. The molecule has 0 amide bonds. The Morgan fingerprint density at radius 3 is 2.48 bits per heavy atom. The van der Waals surface area contributed by atoms with E-state index < -0.39 is 12.1 Å². The zero-order chi connectivity index (χ0) is 27.4. The molecule has 2 aliphatic heterocycles. The number of β-amino-alcohol motifs (C(OH)–C–C–N with tert-alkyl or cyclic N) is 1. The zero-order valence-electron chi connectivity index (χ0n) is 22.2. The normalized spacial score (nSPS) is 16.4. The first kappa shape index (κ1) is 29.5. The molecule has 0 saturated carbocycles.